The molecule has 0 radical (unpaired) electrons. The number of carbonyl (C=O) groups excluding carboxylic acids is 2. The van der Waals surface area contributed by atoms with Crippen LogP contribution in [-0.4, -0.2) is 50.0 Å². The second-order valence-corrected chi connectivity index (χ2v) is 6.74. The number of benzene rings is 1. The van der Waals surface area contributed by atoms with E-state index in [0.717, 1.165) is 18.4 Å². The summed E-state index contributed by atoms with van der Waals surface area (Å²) >= 11 is 0. The molecule has 1 aliphatic carbocycles. The van der Waals surface area contributed by atoms with Crippen LogP contribution in [0.1, 0.15) is 37.7 Å². The van der Waals surface area contributed by atoms with Gasteiger partial charge in [-0.3, -0.25) is 14.5 Å². The summed E-state index contributed by atoms with van der Waals surface area (Å²) in [5, 5.41) is 5.47. The van der Waals surface area contributed by atoms with E-state index in [-0.39, 0.29) is 18.4 Å². The minimum absolute atomic E-state index is 0.0472. The molecule has 2 amide bonds. The number of methoxy groups -OCH3 is 1. The van der Waals surface area contributed by atoms with E-state index < -0.39 is 0 Å². The number of ether oxygens (including phenoxy) is 1. The first-order valence-electron chi connectivity index (χ1n) is 8.91. The van der Waals surface area contributed by atoms with Crippen LogP contribution in [0, 0.1) is 6.92 Å². The maximum Gasteiger partial charge on any atom is 0.243 e. The topological polar surface area (TPSA) is 70.7 Å². The number of nitrogens with zero attached hydrogens (tertiary/aromatic N) is 1. The number of amides is 2. The molecule has 1 fully saturated rings. The Morgan fingerprint density at radius 2 is 1.92 bits per heavy atom. The minimum Gasteiger partial charge on any atom is -0.495 e. The van der Waals surface area contributed by atoms with Crippen LogP contribution in [0.5, 0.6) is 5.75 Å². The van der Waals surface area contributed by atoms with Crippen LogP contribution in [-0.2, 0) is 9.59 Å². The van der Waals surface area contributed by atoms with E-state index in [1.54, 1.807) is 7.11 Å². The number of carbonyl (C=O) groups is 2. The molecule has 0 atom stereocenters. The standard InChI is InChI=1S/C19H29N3O3/c1-14-9-10-17(25-3)16(11-14)21-18(23)12-20-19(24)13-22(2)15-7-5-4-6-8-15/h9-11,15H,4-8,12-13H2,1-3H3,(H,20,24)(H,21,23). The molecule has 2 N–H and O–H groups in total. The zero-order valence-electron chi connectivity index (χ0n) is 15.4. The fourth-order valence-electron chi connectivity index (χ4n) is 3.23. The Morgan fingerprint density at radius 1 is 1.20 bits per heavy atom. The normalized spacial score (nSPS) is 15.0. The third-order valence-corrected chi connectivity index (χ3v) is 4.67. The summed E-state index contributed by atoms with van der Waals surface area (Å²) in [6.07, 6.45) is 6.06. The monoisotopic (exact) mass is 347 g/mol. The highest BCUT2D eigenvalue weighted by Crippen LogP contribution is 2.25. The minimum atomic E-state index is -0.266. The molecule has 0 aromatic heterocycles. The number of nitrogens with one attached hydrogen (secondary N) is 2. The van der Waals surface area contributed by atoms with E-state index in [1.807, 2.05) is 32.2 Å². The van der Waals surface area contributed by atoms with Crippen LogP contribution in [0.2, 0.25) is 0 Å². The Morgan fingerprint density at radius 3 is 2.60 bits per heavy atom. The lowest BCUT2D eigenvalue weighted by Gasteiger charge is -2.30. The number of aryl methyl sites for hydroxylation is 1. The van der Waals surface area contributed by atoms with Gasteiger partial charge in [0.1, 0.15) is 5.75 Å². The predicted octanol–water partition coefficient (Wildman–Crippen LogP) is 2.32. The zero-order chi connectivity index (χ0) is 18.2. The average Bonchev–Trinajstić information content (AvgIpc) is 2.61. The maximum absolute atomic E-state index is 12.1. The van der Waals surface area contributed by atoms with E-state index >= 15 is 0 Å². The zero-order valence-corrected chi connectivity index (χ0v) is 15.4. The van der Waals surface area contributed by atoms with E-state index in [0.29, 0.717) is 24.0 Å². The third-order valence-electron chi connectivity index (χ3n) is 4.67. The van der Waals surface area contributed by atoms with Crippen molar-refractivity contribution in [3.8, 4) is 5.75 Å². The van der Waals surface area contributed by atoms with Gasteiger partial charge in [-0.15, -0.1) is 0 Å². The van der Waals surface area contributed by atoms with Crippen molar-refractivity contribution in [3.63, 3.8) is 0 Å². The largest absolute Gasteiger partial charge is 0.495 e. The van der Waals surface area contributed by atoms with Gasteiger partial charge in [-0.2, -0.15) is 0 Å². The first kappa shape index (κ1) is 19.2. The van der Waals surface area contributed by atoms with Gasteiger partial charge in [-0.25, -0.2) is 0 Å². The number of hydrogen-bond donors (Lipinski definition) is 2. The molecule has 1 saturated carbocycles. The molecule has 1 aromatic carbocycles. The highest BCUT2D eigenvalue weighted by molar-refractivity contribution is 5.96. The van der Waals surface area contributed by atoms with Crippen LogP contribution in [0.15, 0.2) is 18.2 Å². The molecule has 0 aliphatic heterocycles. The second kappa shape index (κ2) is 9.42. The third kappa shape index (κ3) is 6.05. The predicted molar refractivity (Wildman–Crippen MR) is 98.9 cm³/mol. The van der Waals surface area contributed by atoms with E-state index in [4.69, 9.17) is 4.74 Å². The van der Waals surface area contributed by atoms with Crippen molar-refractivity contribution in [1.82, 2.24) is 10.2 Å². The van der Waals surface area contributed by atoms with Crippen molar-refractivity contribution >= 4 is 17.5 Å². The maximum atomic E-state index is 12.1. The Labute approximate surface area is 149 Å². The number of anilines is 1. The van der Waals surface area contributed by atoms with Crippen molar-refractivity contribution in [2.75, 3.05) is 32.6 Å². The molecule has 0 heterocycles. The fourth-order valence-corrected chi connectivity index (χ4v) is 3.23. The van der Waals surface area contributed by atoms with Gasteiger partial charge < -0.3 is 15.4 Å². The summed E-state index contributed by atoms with van der Waals surface area (Å²) in [4.78, 5) is 26.3. The molecular formula is C19H29N3O3. The van der Waals surface area contributed by atoms with E-state index in [9.17, 15) is 9.59 Å². The summed E-state index contributed by atoms with van der Waals surface area (Å²) in [6, 6.07) is 6.04. The summed E-state index contributed by atoms with van der Waals surface area (Å²) in [5.74, 6) is 0.208. The molecule has 0 bridgehead atoms. The Kier molecular flexibility index (Phi) is 7.25. The first-order chi connectivity index (χ1) is 12.0. The lowest BCUT2D eigenvalue weighted by Crippen LogP contribution is -2.43. The van der Waals surface area contributed by atoms with Crippen LogP contribution < -0.4 is 15.4 Å². The Balaban J connectivity index is 1.77. The first-order valence-corrected chi connectivity index (χ1v) is 8.91. The summed E-state index contributed by atoms with van der Waals surface area (Å²) in [5.41, 5.74) is 1.63. The van der Waals surface area contributed by atoms with Gasteiger partial charge in [0.2, 0.25) is 11.8 Å². The quantitative estimate of drug-likeness (QED) is 0.794. The number of likely N-dealkylation sites (N-methyl/N-ethyl adjacent to an activating group) is 1. The lowest BCUT2D eigenvalue weighted by atomic mass is 9.94. The summed E-state index contributed by atoms with van der Waals surface area (Å²) in [6.45, 7) is 2.22. The molecule has 0 saturated heterocycles. The second-order valence-electron chi connectivity index (χ2n) is 6.74. The summed E-state index contributed by atoms with van der Waals surface area (Å²) in [7, 11) is 3.54. The molecule has 0 unspecified atom stereocenters. The van der Waals surface area contributed by atoms with Crippen LogP contribution >= 0.6 is 0 Å². The highest BCUT2D eigenvalue weighted by atomic mass is 16.5. The van der Waals surface area contributed by atoms with Gasteiger partial charge >= 0.3 is 0 Å². The molecule has 2 rings (SSSR count). The Hall–Kier alpha value is -2.08. The molecule has 0 spiro atoms. The fraction of sp³-hybridized carbons (Fsp3) is 0.579. The summed E-state index contributed by atoms with van der Waals surface area (Å²) < 4.78 is 5.24. The number of hydrogen-bond acceptors (Lipinski definition) is 4. The van der Waals surface area contributed by atoms with Crippen LogP contribution in [0.25, 0.3) is 0 Å². The van der Waals surface area contributed by atoms with Crippen molar-refractivity contribution < 1.29 is 14.3 Å². The van der Waals surface area contributed by atoms with Crippen LogP contribution in [0.4, 0.5) is 5.69 Å². The Bertz CT molecular complexity index is 598. The molecular weight excluding hydrogens is 318 g/mol. The van der Waals surface area contributed by atoms with Gasteiger partial charge in [0, 0.05) is 6.04 Å². The van der Waals surface area contributed by atoms with Gasteiger partial charge in [0.25, 0.3) is 0 Å². The van der Waals surface area contributed by atoms with Gasteiger partial charge in [-0.05, 0) is 44.5 Å². The molecule has 1 aromatic rings. The smallest absolute Gasteiger partial charge is 0.243 e. The highest BCUT2D eigenvalue weighted by Gasteiger charge is 2.20. The van der Waals surface area contributed by atoms with Gasteiger partial charge in [-0.1, -0.05) is 25.3 Å². The van der Waals surface area contributed by atoms with E-state index in [1.165, 1.54) is 19.3 Å². The van der Waals surface area contributed by atoms with Crippen molar-refractivity contribution in [2.45, 2.75) is 45.1 Å². The van der Waals surface area contributed by atoms with E-state index in [2.05, 4.69) is 15.5 Å². The average molecular weight is 347 g/mol. The van der Waals surface area contributed by atoms with Gasteiger partial charge in [0.15, 0.2) is 0 Å². The van der Waals surface area contributed by atoms with Crippen LogP contribution in [0.3, 0.4) is 0 Å². The van der Waals surface area contributed by atoms with Crippen molar-refractivity contribution in [3.05, 3.63) is 23.8 Å². The molecule has 1 aliphatic rings. The van der Waals surface area contributed by atoms with Crippen molar-refractivity contribution in [1.29, 1.82) is 0 Å². The SMILES string of the molecule is COc1ccc(C)cc1NC(=O)CNC(=O)CN(C)C1CCCCC1. The lowest BCUT2D eigenvalue weighted by molar-refractivity contribution is -0.125. The number of rotatable bonds is 7. The molecule has 6 nitrogen and oxygen atoms in total. The van der Waals surface area contributed by atoms with Crippen molar-refractivity contribution in [2.24, 2.45) is 0 Å². The molecule has 138 valence electrons. The van der Waals surface area contributed by atoms with Gasteiger partial charge in [0.05, 0.1) is 25.9 Å². The molecule has 6 heteroatoms. The molecule has 25 heavy (non-hydrogen) atoms.